The van der Waals surface area contributed by atoms with Crippen LogP contribution in [0.1, 0.15) is 12.8 Å². The highest BCUT2D eigenvalue weighted by molar-refractivity contribution is 9.10. The van der Waals surface area contributed by atoms with Crippen molar-refractivity contribution in [3.8, 4) is 5.75 Å². The summed E-state index contributed by atoms with van der Waals surface area (Å²) in [5.41, 5.74) is 0. The maximum atomic E-state index is 11.5. The molecule has 1 fully saturated rings. The molecule has 0 aromatic heterocycles. The number of urea groups is 1. The van der Waals surface area contributed by atoms with Gasteiger partial charge in [0, 0.05) is 17.6 Å². The third-order valence-electron chi connectivity index (χ3n) is 2.97. The van der Waals surface area contributed by atoms with E-state index in [1.807, 2.05) is 24.3 Å². The van der Waals surface area contributed by atoms with Crippen LogP contribution >= 0.6 is 15.9 Å². The quantitative estimate of drug-likeness (QED) is 0.780. The molecule has 0 saturated carbocycles. The second-order valence-corrected chi connectivity index (χ2v) is 5.49. The van der Waals surface area contributed by atoms with Crippen molar-refractivity contribution in [1.82, 2.24) is 10.6 Å². The summed E-state index contributed by atoms with van der Waals surface area (Å²) in [6.07, 6.45) is 2.26. The number of hydrogen-bond donors (Lipinski definition) is 2. The molecule has 1 atom stereocenters. The maximum Gasteiger partial charge on any atom is 0.315 e. The van der Waals surface area contributed by atoms with E-state index >= 15 is 0 Å². The maximum absolute atomic E-state index is 11.5. The molecule has 0 aliphatic carbocycles. The van der Waals surface area contributed by atoms with E-state index in [1.165, 1.54) is 0 Å². The van der Waals surface area contributed by atoms with Crippen molar-refractivity contribution in [2.75, 3.05) is 26.3 Å². The number of hydrogen-bond acceptors (Lipinski definition) is 3. The fourth-order valence-electron chi connectivity index (χ4n) is 1.96. The molecule has 1 unspecified atom stereocenters. The van der Waals surface area contributed by atoms with Gasteiger partial charge in [0.05, 0.1) is 12.6 Å². The summed E-state index contributed by atoms with van der Waals surface area (Å²) in [6.45, 7) is 2.26. The van der Waals surface area contributed by atoms with Crippen molar-refractivity contribution >= 4 is 22.0 Å². The summed E-state index contributed by atoms with van der Waals surface area (Å²) in [7, 11) is 0. The summed E-state index contributed by atoms with van der Waals surface area (Å²) < 4.78 is 11.9. The average molecular weight is 343 g/mol. The number of carbonyl (C=O) groups excluding carboxylic acids is 1. The Kier molecular flexibility index (Phi) is 6.14. The topological polar surface area (TPSA) is 59.6 Å². The molecule has 20 heavy (non-hydrogen) atoms. The van der Waals surface area contributed by atoms with Crippen LogP contribution in [0.3, 0.4) is 0 Å². The van der Waals surface area contributed by atoms with Crippen molar-refractivity contribution < 1.29 is 14.3 Å². The van der Waals surface area contributed by atoms with Gasteiger partial charge in [0.25, 0.3) is 0 Å². The third-order valence-corrected chi connectivity index (χ3v) is 3.46. The number of halogens is 1. The lowest BCUT2D eigenvalue weighted by atomic mass is 10.2. The van der Waals surface area contributed by atoms with Crippen LogP contribution in [-0.2, 0) is 4.74 Å². The lowest BCUT2D eigenvalue weighted by Crippen LogP contribution is -2.41. The number of rotatable bonds is 6. The van der Waals surface area contributed by atoms with Gasteiger partial charge < -0.3 is 20.1 Å². The highest BCUT2D eigenvalue weighted by Gasteiger charge is 2.15. The van der Waals surface area contributed by atoms with E-state index in [4.69, 9.17) is 9.47 Å². The van der Waals surface area contributed by atoms with Gasteiger partial charge in [0.1, 0.15) is 12.4 Å². The van der Waals surface area contributed by atoms with Crippen LogP contribution in [0.25, 0.3) is 0 Å². The van der Waals surface area contributed by atoms with Crippen molar-refractivity contribution in [3.63, 3.8) is 0 Å². The molecule has 0 bridgehead atoms. The van der Waals surface area contributed by atoms with Crippen LogP contribution < -0.4 is 15.4 Å². The van der Waals surface area contributed by atoms with E-state index in [-0.39, 0.29) is 12.1 Å². The molecule has 110 valence electrons. The van der Waals surface area contributed by atoms with Gasteiger partial charge in [-0.2, -0.15) is 0 Å². The van der Waals surface area contributed by atoms with Crippen LogP contribution in [0, 0.1) is 0 Å². The van der Waals surface area contributed by atoms with Gasteiger partial charge in [-0.15, -0.1) is 0 Å². The number of benzene rings is 1. The minimum Gasteiger partial charge on any atom is -0.492 e. The number of carbonyl (C=O) groups is 1. The first-order valence-corrected chi connectivity index (χ1v) is 7.55. The van der Waals surface area contributed by atoms with Crippen molar-refractivity contribution in [1.29, 1.82) is 0 Å². The van der Waals surface area contributed by atoms with Crippen molar-refractivity contribution in [3.05, 3.63) is 28.7 Å². The largest absolute Gasteiger partial charge is 0.492 e. The Bertz CT molecular complexity index is 436. The molecular formula is C14H19BrN2O3. The Hall–Kier alpha value is -1.27. The minimum absolute atomic E-state index is 0.165. The lowest BCUT2D eigenvalue weighted by Gasteiger charge is -2.12. The highest BCUT2D eigenvalue weighted by Crippen LogP contribution is 2.17. The molecule has 0 spiro atoms. The van der Waals surface area contributed by atoms with E-state index in [0.29, 0.717) is 19.7 Å². The van der Waals surface area contributed by atoms with Crippen LogP contribution in [-0.4, -0.2) is 38.4 Å². The molecule has 1 heterocycles. The number of nitrogens with one attached hydrogen (secondary N) is 2. The standard InChI is InChI=1S/C14H19BrN2O3/c15-11-3-1-4-12(9-11)20-8-6-16-14(18)17-10-13-5-2-7-19-13/h1,3-4,9,13H,2,5-8,10H2,(H2,16,17,18). The Balaban J connectivity index is 1.55. The summed E-state index contributed by atoms with van der Waals surface area (Å²) in [4.78, 5) is 11.5. The molecule has 0 radical (unpaired) electrons. The predicted molar refractivity (Wildman–Crippen MR) is 80.0 cm³/mol. The molecular weight excluding hydrogens is 324 g/mol. The molecule has 2 rings (SSSR count). The van der Waals surface area contributed by atoms with Crippen LogP contribution in [0.5, 0.6) is 5.75 Å². The van der Waals surface area contributed by atoms with Gasteiger partial charge >= 0.3 is 6.03 Å². The van der Waals surface area contributed by atoms with Gasteiger partial charge in [-0.25, -0.2) is 4.79 Å². The van der Waals surface area contributed by atoms with E-state index in [0.717, 1.165) is 29.7 Å². The minimum atomic E-state index is -0.182. The first-order valence-electron chi connectivity index (χ1n) is 6.76. The van der Waals surface area contributed by atoms with Gasteiger partial charge in [-0.05, 0) is 31.0 Å². The molecule has 1 saturated heterocycles. The zero-order chi connectivity index (χ0) is 14.2. The van der Waals surface area contributed by atoms with E-state index in [2.05, 4.69) is 26.6 Å². The van der Waals surface area contributed by atoms with Crippen molar-refractivity contribution in [2.45, 2.75) is 18.9 Å². The Labute approximate surface area is 127 Å². The van der Waals surface area contributed by atoms with Crippen molar-refractivity contribution in [2.24, 2.45) is 0 Å². The fraction of sp³-hybridized carbons (Fsp3) is 0.500. The summed E-state index contributed by atoms with van der Waals surface area (Å²) in [5.74, 6) is 0.779. The first-order chi connectivity index (χ1) is 9.74. The third kappa shape index (κ3) is 5.38. The zero-order valence-corrected chi connectivity index (χ0v) is 12.8. The number of amides is 2. The lowest BCUT2D eigenvalue weighted by molar-refractivity contribution is 0.111. The molecule has 1 aliphatic heterocycles. The second kappa shape index (κ2) is 8.11. The molecule has 1 aromatic rings. The molecule has 2 amide bonds. The normalized spacial score (nSPS) is 17.8. The van der Waals surface area contributed by atoms with E-state index < -0.39 is 0 Å². The van der Waals surface area contributed by atoms with Gasteiger partial charge in [-0.1, -0.05) is 22.0 Å². The molecule has 2 N–H and O–H groups in total. The molecule has 5 nitrogen and oxygen atoms in total. The van der Waals surface area contributed by atoms with Gasteiger partial charge in [-0.3, -0.25) is 0 Å². The van der Waals surface area contributed by atoms with Crippen LogP contribution in [0.4, 0.5) is 4.79 Å². The second-order valence-electron chi connectivity index (χ2n) is 4.58. The Morgan fingerprint density at radius 2 is 2.35 bits per heavy atom. The highest BCUT2D eigenvalue weighted by atomic mass is 79.9. The molecule has 6 heteroatoms. The van der Waals surface area contributed by atoms with Crippen LogP contribution in [0.2, 0.25) is 0 Å². The fourth-order valence-corrected chi connectivity index (χ4v) is 2.34. The Morgan fingerprint density at radius 3 is 3.10 bits per heavy atom. The summed E-state index contributed by atoms with van der Waals surface area (Å²) in [5, 5.41) is 5.54. The van der Waals surface area contributed by atoms with Crippen LogP contribution in [0.15, 0.2) is 28.7 Å². The van der Waals surface area contributed by atoms with E-state index in [9.17, 15) is 4.79 Å². The zero-order valence-electron chi connectivity index (χ0n) is 11.2. The monoisotopic (exact) mass is 342 g/mol. The number of ether oxygens (including phenoxy) is 2. The summed E-state index contributed by atoms with van der Waals surface area (Å²) in [6, 6.07) is 7.42. The predicted octanol–water partition coefficient (Wildman–Crippen LogP) is 2.31. The molecule has 1 aromatic carbocycles. The average Bonchev–Trinajstić information content (AvgIpc) is 2.95. The smallest absolute Gasteiger partial charge is 0.315 e. The first kappa shape index (κ1) is 15.1. The Morgan fingerprint density at radius 1 is 1.45 bits per heavy atom. The van der Waals surface area contributed by atoms with E-state index in [1.54, 1.807) is 0 Å². The van der Waals surface area contributed by atoms with Gasteiger partial charge in [0.2, 0.25) is 0 Å². The summed E-state index contributed by atoms with van der Waals surface area (Å²) >= 11 is 3.38. The van der Waals surface area contributed by atoms with Gasteiger partial charge in [0.15, 0.2) is 0 Å². The molecule has 1 aliphatic rings. The SMILES string of the molecule is O=C(NCCOc1cccc(Br)c1)NCC1CCCO1.